The molecule has 5 aromatic rings. The molecule has 232 valence electrons. The largest absolute Gasteiger partial charge is 0.490 e. The summed E-state index contributed by atoms with van der Waals surface area (Å²) in [5, 5.41) is 13.8. The van der Waals surface area contributed by atoms with Crippen LogP contribution in [0, 0.1) is 11.6 Å². The van der Waals surface area contributed by atoms with E-state index in [9.17, 15) is 18.0 Å². The number of fused-ring (bicyclic) bond motifs is 3. The van der Waals surface area contributed by atoms with Crippen LogP contribution in [-0.2, 0) is 16.0 Å². The van der Waals surface area contributed by atoms with Crippen LogP contribution in [0.25, 0.3) is 43.9 Å². The number of carbonyl (C=O) groups excluding carboxylic acids is 1. The molecule has 2 aliphatic heterocycles. The molecule has 3 aromatic heterocycles. The van der Waals surface area contributed by atoms with Crippen molar-refractivity contribution >= 4 is 33.0 Å². The van der Waals surface area contributed by atoms with E-state index < -0.39 is 24.9 Å². The minimum Gasteiger partial charge on any atom is -0.490 e. The third kappa shape index (κ3) is 5.34. The lowest BCUT2D eigenvalue weighted by Gasteiger charge is -2.27. The van der Waals surface area contributed by atoms with Crippen molar-refractivity contribution in [3.8, 4) is 39.5 Å². The summed E-state index contributed by atoms with van der Waals surface area (Å²) in [6, 6.07) is 11.2. The summed E-state index contributed by atoms with van der Waals surface area (Å²) >= 11 is 1.35. The number of amides is 1. The summed E-state index contributed by atoms with van der Waals surface area (Å²) in [4.78, 5) is 17.2. The number of nitrogens with one attached hydrogen (secondary N) is 2. The predicted octanol–water partition coefficient (Wildman–Crippen LogP) is 7.11. The van der Waals surface area contributed by atoms with Crippen LogP contribution in [0.1, 0.15) is 37.2 Å². The molecule has 45 heavy (non-hydrogen) atoms. The normalized spacial score (nSPS) is 17.5. The molecule has 2 N–H and O–H groups in total. The Kier molecular flexibility index (Phi) is 7.54. The molecule has 0 saturated carbocycles. The van der Waals surface area contributed by atoms with Crippen molar-refractivity contribution in [3.05, 3.63) is 70.7 Å². The van der Waals surface area contributed by atoms with Crippen molar-refractivity contribution in [1.29, 1.82) is 0 Å². The second-order valence-electron chi connectivity index (χ2n) is 11.1. The van der Waals surface area contributed by atoms with Gasteiger partial charge in [-0.15, -0.1) is 11.3 Å². The molecule has 8 nitrogen and oxygen atoms in total. The topological polar surface area (TPSA) is 90.3 Å². The van der Waals surface area contributed by atoms with Gasteiger partial charge in [-0.05, 0) is 43.0 Å². The molecule has 0 saturated heterocycles. The molecule has 2 atom stereocenters. The zero-order valence-electron chi connectivity index (χ0n) is 24.2. The van der Waals surface area contributed by atoms with E-state index >= 15 is 4.39 Å². The SMILES string of the molecule is CC1NCC(C)n2nc(-c3nc(-c4ccc5c(c4)NC(=O)C5)c4ccsc4c3-c3c(F)cc(F)cc3OCCOC(F)F)cc21. The molecule has 0 fully saturated rings. The molecule has 0 aliphatic carbocycles. The van der Waals surface area contributed by atoms with Gasteiger partial charge in [0.05, 0.1) is 36.0 Å². The Morgan fingerprint density at radius 3 is 2.71 bits per heavy atom. The minimum absolute atomic E-state index is 0.00699. The molecule has 13 heteroatoms. The van der Waals surface area contributed by atoms with E-state index in [0.717, 1.165) is 29.0 Å². The standard InChI is InChI=1S/C32H27F4N5O3S/c1-15-14-37-16(2)24-13-23(40-41(15)24)30-28(27-21(34)11-19(33)12-25(27)43-6-7-44-32(35)36)31-20(5-8-45-31)29(39-30)18-4-3-17-10-26(42)38-22(17)9-18/h3-5,8-9,11-13,15-16,32,37H,6-7,10,14H2,1-2H3,(H,38,42). The van der Waals surface area contributed by atoms with Crippen molar-refractivity contribution in [3.63, 3.8) is 0 Å². The van der Waals surface area contributed by atoms with Crippen LogP contribution in [0.4, 0.5) is 23.2 Å². The quantitative estimate of drug-likeness (QED) is 0.139. The number of nitrogens with zero attached hydrogens (tertiary/aromatic N) is 3. The van der Waals surface area contributed by atoms with Gasteiger partial charge < -0.3 is 20.1 Å². The lowest BCUT2D eigenvalue weighted by molar-refractivity contribution is -0.133. The summed E-state index contributed by atoms with van der Waals surface area (Å²) in [6.45, 7) is 0.903. The summed E-state index contributed by atoms with van der Waals surface area (Å²) in [6.07, 6.45) is 0.292. The van der Waals surface area contributed by atoms with Crippen molar-refractivity contribution < 1.29 is 31.8 Å². The highest BCUT2D eigenvalue weighted by molar-refractivity contribution is 7.18. The fourth-order valence-electron chi connectivity index (χ4n) is 5.96. The van der Waals surface area contributed by atoms with Crippen LogP contribution < -0.4 is 15.4 Å². The second-order valence-corrected chi connectivity index (χ2v) is 12.0. The number of benzene rings is 2. The molecular formula is C32H27F4N5O3S. The number of alkyl halides is 2. The van der Waals surface area contributed by atoms with Gasteiger partial charge in [-0.2, -0.15) is 13.9 Å². The third-order valence-electron chi connectivity index (χ3n) is 8.06. The highest BCUT2D eigenvalue weighted by Gasteiger charge is 2.30. The number of anilines is 1. The predicted molar refractivity (Wildman–Crippen MR) is 163 cm³/mol. The molecule has 0 spiro atoms. The average molecular weight is 638 g/mol. The van der Waals surface area contributed by atoms with Crippen molar-refractivity contribution in [1.82, 2.24) is 20.1 Å². The van der Waals surface area contributed by atoms with E-state index in [-0.39, 0.29) is 35.9 Å². The third-order valence-corrected chi connectivity index (χ3v) is 8.99. The maximum atomic E-state index is 16.0. The van der Waals surface area contributed by atoms with Gasteiger partial charge in [0.1, 0.15) is 35.4 Å². The Bertz CT molecular complexity index is 1930. The summed E-state index contributed by atoms with van der Waals surface area (Å²) < 4.78 is 68.2. The van der Waals surface area contributed by atoms with Crippen LogP contribution in [0.3, 0.4) is 0 Å². The number of thiophene rings is 1. The average Bonchev–Trinajstić information content (AvgIpc) is 3.74. The first kappa shape index (κ1) is 29.4. The van der Waals surface area contributed by atoms with Crippen LogP contribution in [0.5, 0.6) is 5.75 Å². The molecule has 1 amide bonds. The molecule has 2 aromatic carbocycles. The van der Waals surface area contributed by atoms with Gasteiger partial charge in [-0.3, -0.25) is 9.48 Å². The van der Waals surface area contributed by atoms with Gasteiger partial charge in [-0.25, -0.2) is 13.8 Å². The number of hydrogen-bond acceptors (Lipinski definition) is 7. The molecule has 5 heterocycles. The minimum atomic E-state index is -3.01. The van der Waals surface area contributed by atoms with Crippen LogP contribution in [-0.4, -0.2) is 47.0 Å². The van der Waals surface area contributed by atoms with E-state index in [4.69, 9.17) is 14.8 Å². The smallest absolute Gasteiger partial charge is 0.345 e. The van der Waals surface area contributed by atoms with Crippen LogP contribution in [0.2, 0.25) is 0 Å². The van der Waals surface area contributed by atoms with Crippen molar-refractivity contribution in [2.24, 2.45) is 0 Å². The fraction of sp³-hybridized carbons (Fsp3) is 0.281. The fourth-order valence-corrected chi connectivity index (χ4v) is 6.91. The summed E-state index contributed by atoms with van der Waals surface area (Å²) in [5.74, 6) is -2.06. The number of rotatable bonds is 8. The lowest BCUT2D eigenvalue weighted by Crippen LogP contribution is -2.34. The summed E-state index contributed by atoms with van der Waals surface area (Å²) in [5.41, 5.74) is 4.91. The van der Waals surface area contributed by atoms with Gasteiger partial charge in [0.15, 0.2) is 0 Å². The van der Waals surface area contributed by atoms with E-state index in [1.807, 2.05) is 54.2 Å². The first-order chi connectivity index (χ1) is 21.7. The first-order valence-electron chi connectivity index (χ1n) is 14.4. The number of halogens is 4. The maximum Gasteiger partial charge on any atom is 0.345 e. The number of hydrogen-bond donors (Lipinski definition) is 2. The maximum absolute atomic E-state index is 16.0. The Balaban J connectivity index is 1.47. The Hall–Kier alpha value is -4.33. The molecule has 2 unspecified atom stereocenters. The molecule has 7 rings (SSSR count). The zero-order valence-corrected chi connectivity index (χ0v) is 25.0. The number of carbonyl (C=O) groups is 1. The van der Waals surface area contributed by atoms with Crippen LogP contribution >= 0.6 is 11.3 Å². The first-order valence-corrected chi connectivity index (χ1v) is 15.3. The monoisotopic (exact) mass is 637 g/mol. The second kappa shape index (κ2) is 11.5. The van der Waals surface area contributed by atoms with Gasteiger partial charge in [-0.1, -0.05) is 12.1 Å². The van der Waals surface area contributed by atoms with Crippen molar-refractivity contribution in [2.45, 2.75) is 39.0 Å². The van der Waals surface area contributed by atoms with Crippen molar-refractivity contribution in [2.75, 3.05) is 25.1 Å². The van der Waals surface area contributed by atoms with Gasteiger partial charge in [0.2, 0.25) is 5.91 Å². The molecule has 2 aliphatic rings. The van der Waals surface area contributed by atoms with E-state index in [1.165, 1.54) is 11.3 Å². The van der Waals surface area contributed by atoms with Gasteiger partial charge in [0, 0.05) is 51.6 Å². The zero-order chi connectivity index (χ0) is 31.4. The van der Waals surface area contributed by atoms with E-state index in [1.54, 1.807) is 0 Å². The number of pyridine rings is 1. The Labute approximate surface area is 259 Å². The number of aromatic nitrogens is 3. The summed E-state index contributed by atoms with van der Waals surface area (Å²) in [7, 11) is 0. The molecule has 0 bridgehead atoms. The Morgan fingerprint density at radius 1 is 1.07 bits per heavy atom. The van der Waals surface area contributed by atoms with Gasteiger partial charge in [0.25, 0.3) is 0 Å². The highest BCUT2D eigenvalue weighted by atomic mass is 32.1. The molecular weight excluding hydrogens is 610 g/mol. The Morgan fingerprint density at radius 2 is 1.91 bits per heavy atom. The number of ether oxygens (including phenoxy) is 2. The lowest BCUT2D eigenvalue weighted by atomic mass is 9.96. The van der Waals surface area contributed by atoms with Crippen LogP contribution in [0.15, 0.2) is 47.8 Å². The van der Waals surface area contributed by atoms with Gasteiger partial charge >= 0.3 is 6.61 Å². The highest BCUT2D eigenvalue weighted by Crippen LogP contribution is 2.47. The molecule has 0 radical (unpaired) electrons. The van der Waals surface area contributed by atoms with E-state index in [2.05, 4.69) is 15.4 Å². The van der Waals surface area contributed by atoms with E-state index in [0.29, 0.717) is 51.4 Å².